The Kier molecular flexibility index (Phi) is 4.57. The lowest BCUT2D eigenvalue weighted by atomic mass is 10.1. The van der Waals surface area contributed by atoms with Crippen LogP contribution in [0.4, 0.5) is 5.69 Å². The van der Waals surface area contributed by atoms with Crippen molar-refractivity contribution in [3.63, 3.8) is 0 Å². The van der Waals surface area contributed by atoms with E-state index in [2.05, 4.69) is 34.1 Å². The summed E-state index contributed by atoms with van der Waals surface area (Å²) in [5.74, 6) is 0.541. The molecule has 2 heterocycles. The molecule has 0 aliphatic carbocycles. The largest absolute Gasteiger partial charge is 0.371 e. The molecule has 1 saturated heterocycles. The smallest absolute Gasteiger partial charge is 0.255 e. The molecule has 1 aliphatic rings. The number of hydrogen-bond donors (Lipinski definition) is 0. The fraction of sp³-hybridized carbons (Fsp3) is 0.273. The molecule has 1 amide bonds. The average molecular weight is 345 g/mol. The van der Waals surface area contributed by atoms with E-state index in [0.717, 1.165) is 37.0 Å². The highest BCUT2D eigenvalue weighted by Gasteiger charge is 2.25. The zero-order valence-electron chi connectivity index (χ0n) is 15.0. The minimum absolute atomic E-state index is 0.0430. The molecule has 4 nitrogen and oxygen atoms in total. The molecule has 26 heavy (non-hydrogen) atoms. The molecule has 132 valence electrons. The number of amides is 1. The van der Waals surface area contributed by atoms with Crippen LogP contribution < -0.4 is 4.90 Å². The standard InChI is InChI=1S/C22H23N3O/c1-24(15-17-11-12-25(16-17)20-8-3-2-4-9-20)22(26)19-13-18-7-5-6-10-21(18)23-14-19/h2-10,13-14,17H,11-12,15-16H2,1H3. The molecular formula is C22H23N3O. The maximum atomic E-state index is 12.8. The first-order chi connectivity index (χ1) is 12.7. The Bertz CT molecular complexity index is 909. The van der Waals surface area contributed by atoms with Gasteiger partial charge in [-0.2, -0.15) is 0 Å². The summed E-state index contributed by atoms with van der Waals surface area (Å²) in [6.07, 6.45) is 2.80. The average Bonchev–Trinajstić information content (AvgIpc) is 3.16. The summed E-state index contributed by atoms with van der Waals surface area (Å²) < 4.78 is 0. The molecule has 0 radical (unpaired) electrons. The van der Waals surface area contributed by atoms with Crippen molar-refractivity contribution < 1.29 is 4.79 Å². The quantitative estimate of drug-likeness (QED) is 0.721. The van der Waals surface area contributed by atoms with Gasteiger partial charge >= 0.3 is 0 Å². The van der Waals surface area contributed by atoms with Gasteiger partial charge in [-0.05, 0) is 36.6 Å². The van der Waals surface area contributed by atoms with Crippen LogP contribution in [0.1, 0.15) is 16.8 Å². The second-order valence-electron chi connectivity index (χ2n) is 7.04. The van der Waals surface area contributed by atoms with Crippen LogP contribution in [0.2, 0.25) is 0 Å². The van der Waals surface area contributed by atoms with Gasteiger partial charge < -0.3 is 9.80 Å². The number of pyridine rings is 1. The molecule has 0 spiro atoms. The topological polar surface area (TPSA) is 36.4 Å². The van der Waals surface area contributed by atoms with Gasteiger partial charge in [-0.15, -0.1) is 0 Å². The van der Waals surface area contributed by atoms with Crippen molar-refractivity contribution >= 4 is 22.5 Å². The molecular weight excluding hydrogens is 322 g/mol. The number of aromatic nitrogens is 1. The lowest BCUT2D eigenvalue weighted by molar-refractivity contribution is 0.0776. The molecule has 4 heteroatoms. The Labute approximate surface area is 154 Å². The minimum atomic E-state index is 0.0430. The zero-order chi connectivity index (χ0) is 17.9. The van der Waals surface area contributed by atoms with Crippen LogP contribution in [0.25, 0.3) is 10.9 Å². The van der Waals surface area contributed by atoms with Crippen molar-refractivity contribution in [2.24, 2.45) is 5.92 Å². The fourth-order valence-electron chi connectivity index (χ4n) is 3.73. The molecule has 2 aromatic carbocycles. The zero-order valence-corrected chi connectivity index (χ0v) is 15.0. The van der Waals surface area contributed by atoms with E-state index in [9.17, 15) is 4.79 Å². The highest BCUT2D eigenvalue weighted by Crippen LogP contribution is 2.24. The lowest BCUT2D eigenvalue weighted by Gasteiger charge is -2.22. The van der Waals surface area contributed by atoms with Crippen LogP contribution in [0, 0.1) is 5.92 Å². The number of fused-ring (bicyclic) bond motifs is 1. The molecule has 0 bridgehead atoms. The third-order valence-electron chi connectivity index (χ3n) is 5.12. The van der Waals surface area contributed by atoms with Crippen molar-refractivity contribution in [1.29, 1.82) is 0 Å². The van der Waals surface area contributed by atoms with Crippen LogP contribution >= 0.6 is 0 Å². The van der Waals surface area contributed by atoms with Gasteiger partial charge in [0.15, 0.2) is 0 Å². The molecule has 0 saturated carbocycles. The van der Waals surface area contributed by atoms with Gasteiger partial charge in [-0.1, -0.05) is 36.4 Å². The van der Waals surface area contributed by atoms with Crippen molar-refractivity contribution in [3.8, 4) is 0 Å². The monoisotopic (exact) mass is 345 g/mol. The fourth-order valence-corrected chi connectivity index (χ4v) is 3.73. The lowest BCUT2D eigenvalue weighted by Crippen LogP contribution is -2.33. The Balaban J connectivity index is 1.41. The van der Waals surface area contributed by atoms with Gasteiger partial charge in [0.1, 0.15) is 0 Å². The van der Waals surface area contributed by atoms with Crippen LogP contribution in [-0.2, 0) is 0 Å². The molecule has 4 rings (SSSR count). The maximum absolute atomic E-state index is 12.8. The number of rotatable bonds is 4. The van der Waals surface area contributed by atoms with Crippen LogP contribution in [-0.4, -0.2) is 42.5 Å². The summed E-state index contributed by atoms with van der Waals surface area (Å²) in [6, 6.07) is 20.3. The molecule has 1 unspecified atom stereocenters. The Morgan fingerprint density at radius 1 is 1.15 bits per heavy atom. The van der Waals surface area contributed by atoms with E-state index < -0.39 is 0 Å². The summed E-state index contributed by atoms with van der Waals surface area (Å²) in [4.78, 5) is 21.5. The number of carbonyl (C=O) groups is 1. The van der Waals surface area contributed by atoms with E-state index in [1.165, 1.54) is 5.69 Å². The summed E-state index contributed by atoms with van der Waals surface area (Å²) >= 11 is 0. The van der Waals surface area contributed by atoms with Crippen molar-refractivity contribution in [2.45, 2.75) is 6.42 Å². The first-order valence-corrected chi connectivity index (χ1v) is 9.11. The van der Waals surface area contributed by atoms with E-state index in [-0.39, 0.29) is 5.91 Å². The SMILES string of the molecule is CN(CC1CCN(c2ccccc2)C1)C(=O)c1cnc2ccccc2c1. The van der Waals surface area contributed by atoms with Gasteiger partial charge in [0.25, 0.3) is 5.91 Å². The van der Waals surface area contributed by atoms with Crippen LogP contribution in [0.15, 0.2) is 66.9 Å². The summed E-state index contributed by atoms with van der Waals surface area (Å²) in [6.45, 7) is 2.82. The Morgan fingerprint density at radius 3 is 2.77 bits per heavy atom. The number of nitrogens with zero attached hydrogens (tertiary/aromatic N) is 3. The Morgan fingerprint density at radius 2 is 1.92 bits per heavy atom. The summed E-state index contributed by atoms with van der Waals surface area (Å²) in [5, 5.41) is 1.00. The van der Waals surface area contributed by atoms with E-state index in [1.807, 2.05) is 48.3 Å². The summed E-state index contributed by atoms with van der Waals surface area (Å²) in [5.41, 5.74) is 2.84. The molecule has 1 atom stereocenters. The second kappa shape index (κ2) is 7.16. The van der Waals surface area contributed by atoms with Gasteiger partial charge in [0, 0.05) is 44.0 Å². The molecule has 0 N–H and O–H groups in total. The first-order valence-electron chi connectivity index (χ1n) is 9.11. The first kappa shape index (κ1) is 16.6. The highest BCUT2D eigenvalue weighted by molar-refractivity contribution is 5.97. The Hall–Kier alpha value is -2.88. The number of anilines is 1. The summed E-state index contributed by atoms with van der Waals surface area (Å²) in [7, 11) is 1.89. The predicted molar refractivity (Wildman–Crippen MR) is 105 cm³/mol. The van der Waals surface area contributed by atoms with Gasteiger partial charge in [0.05, 0.1) is 11.1 Å². The second-order valence-corrected chi connectivity index (χ2v) is 7.04. The molecule has 1 fully saturated rings. The molecule has 1 aliphatic heterocycles. The number of hydrogen-bond acceptors (Lipinski definition) is 3. The third-order valence-corrected chi connectivity index (χ3v) is 5.12. The van der Waals surface area contributed by atoms with Gasteiger partial charge in [-0.3, -0.25) is 9.78 Å². The van der Waals surface area contributed by atoms with E-state index in [1.54, 1.807) is 6.20 Å². The van der Waals surface area contributed by atoms with Crippen molar-refractivity contribution in [2.75, 3.05) is 31.6 Å². The normalized spacial score (nSPS) is 16.8. The molecule has 1 aromatic heterocycles. The minimum Gasteiger partial charge on any atom is -0.371 e. The van der Waals surface area contributed by atoms with E-state index in [0.29, 0.717) is 11.5 Å². The van der Waals surface area contributed by atoms with Crippen molar-refractivity contribution in [1.82, 2.24) is 9.88 Å². The number of carbonyl (C=O) groups excluding carboxylic acids is 1. The third kappa shape index (κ3) is 3.40. The molecule has 3 aromatic rings. The van der Waals surface area contributed by atoms with Crippen molar-refractivity contribution in [3.05, 3.63) is 72.4 Å². The van der Waals surface area contributed by atoms with Gasteiger partial charge in [0.2, 0.25) is 0 Å². The van der Waals surface area contributed by atoms with Crippen LogP contribution in [0.5, 0.6) is 0 Å². The highest BCUT2D eigenvalue weighted by atomic mass is 16.2. The van der Waals surface area contributed by atoms with Crippen LogP contribution in [0.3, 0.4) is 0 Å². The number of benzene rings is 2. The maximum Gasteiger partial charge on any atom is 0.255 e. The van der Waals surface area contributed by atoms with Gasteiger partial charge in [-0.25, -0.2) is 0 Å². The number of para-hydroxylation sites is 2. The van der Waals surface area contributed by atoms with E-state index in [4.69, 9.17) is 0 Å². The predicted octanol–water partition coefficient (Wildman–Crippen LogP) is 3.83. The van der Waals surface area contributed by atoms with E-state index >= 15 is 0 Å².